The summed E-state index contributed by atoms with van der Waals surface area (Å²) < 4.78 is 0. The zero-order valence-electron chi connectivity index (χ0n) is 12.9. The van der Waals surface area contributed by atoms with E-state index in [4.69, 9.17) is 0 Å². The number of thiazole rings is 1. The first-order valence-corrected chi connectivity index (χ1v) is 8.11. The molecule has 1 heterocycles. The SMILES string of the molecule is Cc1cc(-c2csc(CC(=O)c3ccc(O)c(O)c3)n2)ccc1O. The van der Waals surface area contributed by atoms with Crippen LogP contribution in [0.2, 0.25) is 0 Å². The molecule has 0 aliphatic carbocycles. The Bertz CT molecular complexity index is 917. The molecule has 3 rings (SSSR count). The van der Waals surface area contributed by atoms with E-state index in [1.54, 1.807) is 12.1 Å². The quantitative estimate of drug-likeness (QED) is 0.498. The van der Waals surface area contributed by atoms with Gasteiger partial charge in [-0.05, 0) is 48.9 Å². The van der Waals surface area contributed by atoms with Crippen molar-refractivity contribution in [1.82, 2.24) is 4.98 Å². The number of phenolic OH excluding ortho intramolecular Hbond substituents is 3. The zero-order chi connectivity index (χ0) is 17.3. The van der Waals surface area contributed by atoms with Gasteiger partial charge < -0.3 is 15.3 Å². The first-order chi connectivity index (χ1) is 11.4. The Hall–Kier alpha value is -2.86. The van der Waals surface area contributed by atoms with Gasteiger partial charge in [-0.15, -0.1) is 11.3 Å². The molecule has 0 aliphatic rings. The number of benzene rings is 2. The van der Waals surface area contributed by atoms with Crippen LogP contribution < -0.4 is 0 Å². The Morgan fingerprint density at radius 2 is 1.79 bits per heavy atom. The van der Waals surface area contributed by atoms with Crippen LogP contribution in [-0.2, 0) is 6.42 Å². The van der Waals surface area contributed by atoms with Crippen molar-refractivity contribution in [1.29, 1.82) is 0 Å². The molecular formula is C18H15NO4S. The molecule has 0 spiro atoms. The van der Waals surface area contributed by atoms with Crippen LogP contribution in [0.1, 0.15) is 20.9 Å². The van der Waals surface area contributed by atoms with E-state index in [1.807, 2.05) is 18.4 Å². The summed E-state index contributed by atoms with van der Waals surface area (Å²) in [5.74, 6) is -0.532. The summed E-state index contributed by atoms with van der Waals surface area (Å²) >= 11 is 1.38. The van der Waals surface area contributed by atoms with E-state index in [-0.39, 0.29) is 29.5 Å². The molecule has 6 heteroatoms. The lowest BCUT2D eigenvalue weighted by Gasteiger charge is -2.02. The third kappa shape index (κ3) is 3.23. The minimum absolute atomic E-state index is 0.117. The van der Waals surface area contributed by atoms with E-state index in [0.29, 0.717) is 10.6 Å². The van der Waals surface area contributed by atoms with E-state index in [0.717, 1.165) is 16.8 Å². The average molecular weight is 341 g/mol. The van der Waals surface area contributed by atoms with Gasteiger partial charge in [-0.3, -0.25) is 4.79 Å². The number of aryl methyl sites for hydroxylation is 1. The molecule has 0 saturated heterocycles. The van der Waals surface area contributed by atoms with Crippen molar-refractivity contribution in [3.8, 4) is 28.5 Å². The number of carbonyl (C=O) groups is 1. The molecule has 2 aromatic carbocycles. The van der Waals surface area contributed by atoms with E-state index in [1.165, 1.54) is 29.5 Å². The third-order valence-electron chi connectivity index (χ3n) is 3.65. The van der Waals surface area contributed by atoms with Gasteiger partial charge in [0.1, 0.15) is 10.8 Å². The van der Waals surface area contributed by atoms with Gasteiger partial charge >= 0.3 is 0 Å². The Morgan fingerprint density at radius 3 is 2.50 bits per heavy atom. The van der Waals surface area contributed by atoms with Gasteiger partial charge in [0, 0.05) is 16.5 Å². The number of aromatic hydroxyl groups is 3. The predicted octanol–water partition coefficient (Wildman–Crippen LogP) is 3.66. The first kappa shape index (κ1) is 16.0. The minimum Gasteiger partial charge on any atom is -0.508 e. The topological polar surface area (TPSA) is 90.7 Å². The molecule has 3 aromatic rings. The average Bonchev–Trinajstić information content (AvgIpc) is 3.01. The number of rotatable bonds is 4. The molecule has 0 saturated carbocycles. The van der Waals surface area contributed by atoms with Gasteiger partial charge in [0.15, 0.2) is 17.3 Å². The highest BCUT2D eigenvalue weighted by Crippen LogP contribution is 2.28. The van der Waals surface area contributed by atoms with Crippen LogP contribution in [0.3, 0.4) is 0 Å². The number of hydrogen-bond acceptors (Lipinski definition) is 6. The maximum atomic E-state index is 12.3. The number of aromatic nitrogens is 1. The Balaban J connectivity index is 1.79. The lowest BCUT2D eigenvalue weighted by atomic mass is 10.1. The van der Waals surface area contributed by atoms with Crippen molar-refractivity contribution in [2.75, 3.05) is 0 Å². The minimum atomic E-state index is -0.319. The standard InChI is InChI=1S/C18H15NO4S/c1-10-6-11(2-4-14(10)20)13-9-24-18(19-13)8-16(22)12-3-5-15(21)17(23)7-12/h2-7,9,20-21,23H,8H2,1H3. The molecule has 122 valence electrons. The van der Waals surface area contributed by atoms with Crippen molar-refractivity contribution in [2.45, 2.75) is 13.3 Å². The Kier molecular flexibility index (Phi) is 4.22. The van der Waals surface area contributed by atoms with Crippen LogP contribution in [0.15, 0.2) is 41.8 Å². The number of hydrogen-bond donors (Lipinski definition) is 3. The summed E-state index contributed by atoms with van der Waals surface area (Å²) in [5, 5.41) is 30.9. The van der Waals surface area contributed by atoms with E-state index in [2.05, 4.69) is 4.98 Å². The summed E-state index contributed by atoms with van der Waals surface area (Å²) in [6, 6.07) is 9.24. The number of nitrogens with zero attached hydrogens (tertiary/aromatic N) is 1. The summed E-state index contributed by atoms with van der Waals surface area (Å²) in [7, 11) is 0. The van der Waals surface area contributed by atoms with Gasteiger partial charge in [-0.25, -0.2) is 4.98 Å². The molecule has 3 N–H and O–H groups in total. The molecule has 0 atom stereocenters. The molecular weight excluding hydrogens is 326 g/mol. The second-order valence-electron chi connectivity index (χ2n) is 5.43. The number of Topliss-reactive ketones (excluding diaryl/α,β-unsaturated/α-hetero) is 1. The van der Waals surface area contributed by atoms with Crippen molar-refractivity contribution in [2.24, 2.45) is 0 Å². The van der Waals surface area contributed by atoms with Gasteiger partial charge in [0.05, 0.1) is 12.1 Å². The second kappa shape index (κ2) is 6.33. The van der Waals surface area contributed by atoms with Crippen molar-refractivity contribution < 1.29 is 20.1 Å². The van der Waals surface area contributed by atoms with Gasteiger partial charge in [0.25, 0.3) is 0 Å². The fraction of sp³-hybridized carbons (Fsp3) is 0.111. The second-order valence-corrected chi connectivity index (χ2v) is 6.37. The highest BCUT2D eigenvalue weighted by Gasteiger charge is 2.13. The molecule has 0 unspecified atom stereocenters. The third-order valence-corrected chi connectivity index (χ3v) is 4.50. The normalized spacial score (nSPS) is 10.7. The highest BCUT2D eigenvalue weighted by molar-refractivity contribution is 7.10. The lowest BCUT2D eigenvalue weighted by Crippen LogP contribution is -2.03. The number of phenols is 3. The van der Waals surface area contributed by atoms with Crippen LogP contribution in [0.5, 0.6) is 17.2 Å². The fourth-order valence-electron chi connectivity index (χ4n) is 2.28. The lowest BCUT2D eigenvalue weighted by molar-refractivity contribution is 0.0992. The van der Waals surface area contributed by atoms with Gasteiger partial charge in [-0.2, -0.15) is 0 Å². The molecule has 1 aromatic heterocycles. The Labute approximate surface area is 142 Å². The predicted molar refractivity (Wildman–Crippen MR) is 91.8 cm³/mol. The van der Waals surface area contributed by atoms with Crippen LogP contribution >= 0.6 is 11.3 Å². The van der Waals surface area contributed by atoms with Gasteiger partial charge in [-0.1, -0.05) is 0 Å². The van der Waals surface area contributed by atoms with Crippen LogP contribution in [0, 0.1) is 6.92 Å². The molecule has 0 amide bonds. The molecule has 0 aliphatic heterocycles. The summed E-state index contributed by atoms with van der Waals surface area (Å²) in [4.78, 5) is 16.7. The molecule has 0 fully saturated rings. The van der Waals surface area contributed by atoms with Crippen molar-refractivity contribution in [3.05, 3.63) is 57.9 Å². The van der Waals surface area contributed by atoms with E-state index < -0.39 is 0 Å². The summed E-state index contributed by atoms with van der Waals surface area (Å²) in [6.07, 6.45) is 0.117. The van der Waals surface area contributed by atoms with Crippen LogP contribution in [0.4, 0.5) is 0 Å². The number of ketones is 1. The number of carbonyl (C=O) groups excluding carboxylic acids is 1. The fourth-order valence-corrected chi connectivity index (χ4v) is 3.08. The van der Waals surface area contributed by atoms with Crippen LogP contribution in [-0.4, -0.2) is 26.1 Å². The van der Waals surface area contributed by atoms with Crippen molar-refractivity contribution >= 4 is 17.1 Å². The largest absolute Gasteiger partial charge is 0.508 e. The molecule has 0 bridgehead atoms. The van der Waals surface area contributed by atoms with Crippen LogP contribution in [0.25, 0.3) is 11.3 Å². The summed E-state index contributed by atoms with van der Waals surface area (Å²) in [6.45, 7) is 1.81. The smallest absolute Gasteiger partial charge is 0.169 e. The van der Waals surface area contributed by atoms with E-state index >= 15 is 0 Å². The maximum Gasteiger partial charge on any atom is 0.169 e. The van der Waals surface area contributed by atoms with E-state index in [9.17, 15) is 20.1 Å². The monoisotopic (exact) mass is 341 g/mol. The molecule has 0 radical (unpaired) electrons. The van der Waals surface area contributed by atoms with Gasteiger partial charge in [0.2, 0.25) is 0 Å². The maximum absolute atomic E-state index is 12.3. The van der Waals surface area contributed by atoms with Crippen molar-refractivity contribution in [3.63, 3.8) is 0 Å². The first-order valence-electron chi connectivity index (χ1n) is 7.23. The highest BCUT2D eigenvalue weighted by atomic mass is 32.1. The zero-order valence-corrected chi connectivity index (χ0v) is 13.7. The molecule has 24 heavy (non-hydrogen) atoms. The molecule has 5 nitrogen and oxygen atoms in total. The summed E-state index contributed by atoms with van der Waals surface area (Å²) in [5.41, 5.74) is 2.71. The Morgan fingerprint density at radius 1 is 1.04 bits per heavy atom.